The molecular formula is C12H22FI. The molecule has 14 heavy (non-hydrogen) atoms. The summed E-state index contributed by atoms with van der Waals surface area (Å²) in [5.41, 5.74) is 0. The van der Waals surface area contributed by atoms with Gasteiger partial charge in [0.25, 0.3) is 0 Å². The van der Waals surface area contributed by atoms with Gasteiger partial charge >= 0.3 is 0 Å². The molecule has 0 aliphatic carbocycles. The van der Waals surface area contributed by atoms with Crippen LogP contribution in [0.5, 0.6) is 0 Å². The molecule has 0 bridgehead atoms. The van der Waals surface area contributed by atoms with E-state index in [1.807, 2.05) is 22.6 Å². The van der Waals surface area contributed by atoms with E-state index in [0.29, 0.717) is 6.42 Å². The highest BCUT2D eigenvalue weighted by Gasteiger charge is 1.94. The maximum absolute atomic E-state index is 12.7. The molecule has 0 aliphatic heterocycles. The van der Waals surface area contributed by atoms with Crippen LogP contribution in [0, 0.1) is 0 Å². The molecule has 0 unspecified atom stereocenters. The summed E-state index contributed by atoms with van der Waals surface area (Å²) in [5, 5.41) is 0. The van der Waals surface area contributed by atoms with Gasteiger partial charge in [-0.05, 0) is 12.8 Å². The molecule has 84 valence electrons. The molecule has 0 rings (SSSR count). The van der Waals surface area contributed by atoms with Crippen molar-refractivity contribution in [3.05, 3.63) is 9.91 Å². The first kappa shape index (κ1) is 14.4. The van der Waals surface area contributed by atoms with Crippen molar-refractivity contribution >= 4 is 22.6 Å². The Balaban J connectivity index is 2.99. The highest BCUT2D eigenvalue weighted by atomic mass is 127. The van der Waals surface area contributed by atoms with Gasteiger partial charge in [-0.15, -0.1) is 0 Å². The Bertz CT molecular complexity index is 143. The van der Waals surface area contributed by atoms with Crippen LogP contribution >= 0.6 is 22.6 Å². The lowest BCUT2D eigenvalue weighted by atomic mass is 10.1. The highest BCUT2D eigenvalue weighted by Crippen LogP contribution is 2.14. The third-order valence-electron chi connectivity index (χ3n) is 2.39. The predicted octanol–water partition coefficient (Wildman–Crippen LogP) is 5.76. The van der Waals surface area contributed by atoms with Crippen molar-refractivity contribution in [3.8, 4) is 0 Å². The third kappa shape index (κ3) is 10.5. The molecule has 0 nitrogen and oxygen atoms in total. The predicted molar refractivity (Wildman–Crippen MR) is 70.4 cm³/mol. The van der Waals surface area contributed by atoms with E-state index in [0.717, 1.165) is 6.42 Å². The zero-order valence-electron chi connectivity index (χ0n) is 9.20. The fourth-order valence-electron chi connectivity index (χ4n) is 1.48. The number of rotatable bonds is 9. The summed E-state index contributed by atoms with van der Waals surface area (Å²) < 4.78 is 14.2. The largest absolute Gasteiger partial charge is 0.211 e. The minimum Gasteiger partial charge on any atom is -0.211 e. The van der Waals surface area contributed by atoms with Crippen LogP contribution in [0.25, 0.3) is 0 Å². The first-order valence-corrected chi connectivity index (χ1v) is 7.00. The van der Waals surface area contributed by atoms with E-state index in [2.05, 4.69) is 6.92 Å². The number of unbranched alkanes of at least 4 members (excludes halogenated alkanes) is 7. The summed E-state index contributed by atoms with van der Waals surface area (Å²) in [5.74, 6) is 0.0385. The Kier molecular flexibility index (Phi) is 11.8. The number of hydrogen-bond acceptors (Lipinski definition) is 0. The van der Waals surface area contributed by atoms with E-state index >= 15 is 0 Å². The average molecular weight is 312 g/mol. The minimum atomic E-state index is 0.0385. The van der Waals surface area contributed by atoms with Crippen molar-refractivity contribution < 1.29 is 4.39 Å². The van der Waals surface area contributed by atoms with E-state index in [1.54, 1.807) is 4.08 Å². The van der Waals surface area contributed by atoms with Crippen LogP contribution in [-0.2, 0) is 0 Å². The Morgan fingerprint density at radius 1 is 1.00 bits per heavy atom. The van der Waals surface area contributed by atoms with Crippen LogP contribution in [0.15, 0.2) is 9.91 Å². The van der Waals surface area contributed by atoms with Crippen molar-refractivity contribution in [1.82, 2.24) is 0 Å². The molecule has 0 aromatic heterocycles. The average Bonchev–Trinajstić information content (AvgIpc) is 2.21. The number of allylic oxidation sites excluding steroid dienone is 1. The van der Waals surface area contributed by atoms with Gasteiger partial charge in [0, 0.05) is 4.08 Å². The lowest BCUT2D eigenvalue weighted by Crippen LogP contribution is -1.81. The number of halogens is 2. The molecule has 0 saturated carbocycles. The van der Waals surface area contributed by atoms with Crippen LogP contribution in [0.3, 0.4) is 0 Å². The summed E-state index contributed by atoms with van der Waals surface area (Å²) in [6.07, 6.45) is 10.9. The van der Waals surface area contributed by atoms with Gasteiger partial charge in [0.1, 0.15) is 5.83 Å². The topological polar surface area (TPSA) is 0 Å². The second-order valence-corrected chi connectivity index (χ2v) is 4.40. The van der Waals surface area contributed by atoms with Gasteiger partial charge in [0.15, 0.2) is 0 Å². The molecule has 0 heterocycles. The zero-order valence-corrected chi connectivity index (χ0v) is 11.4. The molecule has 2 heteroatoms. The van der Waals surface area contributed by atoms with Crippen LogP contribution in [0.4, 0.5) is 4.39 Å². The molecule has 0 N–H and O–H groups in total. The molecule has 0 aromatic carbocycles. The van der Waals surface area contributed by atoms with Crippen LogP contribution < -0.4 is 0 Å². The van der Waals surface area contributed by atoms with Crippen molar-refractivity contribution in [2.24, 2.45) is 0 Å². The van der Waals surface area contributed by atoms with Crippen molar-refractivity contribution in [2.75, 3.05) is 0 Å². The van der Waals surface area contributed by atoms with Gasteiger partial charge in [-0.3, -0.25) is 0 Å². The summed E-state index contributed by atoms with van der Waals surface area (Å²) >= 11 is 1.96. The van der Waals surface area contributed by atoms with E-state index in [1.165, 1.54) is 44.9 Å². The van der Waals surface area contributed by atoms with E-state index < -0.39 is 0 Å². The summed E-state index contributed by atoms with van der Waals surface area (Å²) in [4.78, 5) is 0. The Morgan fingerprint density at radius 2 is 1.50 bits per heavy atom. The van der Waals surface area contributed by atoms with E-state index in [-0.39, 0.29) is 5.83 Å². The molecule has 0 aliphatic rings. The van der Waals surface area contributed by atoms with Crippen molar-refractivity contribution in [2.45, 2.75) is 64.7 Å². The summed E-state index contributed by atoms with van der Waals surface area (Å²) in [7, 11) is 0. The zero-order chi connectivity index (χ0) is 10.6. The molecule has 0 fully saturated rings. The molecular weight excluding hydrogens is 290 g/mol. The summed E-state index contributed by atoms with van der Waals surface area (Å²) in [6.45, 7) is 2.24. The van der Waals surface area contributed by atoms with Gasteiger partial charge in [-0.1, -0.05) is 74.5 Å². The van der Waals surface area contributed by atoms with Crippen molar-refractivity contribution in [1.29, 1.82) is 0 Å². The van der Waals surface area contributed by atoms with Gasteiger partial charge in [0.05, 0.1) is 0 Å². The molecule has 0 amide bonds. The lowest BCUT2D eigenvalue weighted by molar-refractivity contribution is 0.536. The lowest BCUT2D eigenvalue weighted by Gasteiger charge is -2.00. The Morgan fingerprint density at radius 3 is 2.00 bits per heavy atom. The number of hydrogen-bond donors (Lipinski definition) is 0. The fraction of sp³-hybridized carbons (Fsp3) is 0.833. The summed E-state index contributed by atoms with van der Waals surface area (Å²) in [6, 6.07) is 0. The van der Waals surface area contributed by atoms with Crippen LogP contribution in [-0.4, -0.2) is 0 Å². The molecule has 0 aromatic rings. The first-order chi connectivity index (χ1) is 6.81. The SMILES string of the molecule is CCCCCCCCCCC(F)=CI. The van der Waals surface area contributed by atoms with Gasteiger partial charge < -0.3 is 0 Å². The van der Waals surface area contributed by atoms with E-state index in [9.17, 15) is 4.39 Å². The second-order valence-electron chi connectivity index (χ2n) is 3.78. The monoisotopic (exact) mass is 312 g/mol. The smallest absolute Gasteiger partial charge is 0.106 e. The second kappa shape index (κ2) is 11.5. The highest BCUT2D eigenvalue weighted by molar-refractivity contribution is 14.1. The molecule has 0 radical (unpaired) electrons. The van der Waals surface area contributed by atoms with Crippen molar-refractivity contribution in [3.63, 3.8) is 0 Å². The third-order valence-corrected chi connectivity index (χ3v) is 3.06. The maximum atomic E-state index is 12.7. The fourth-order valence-corrected chi connectivity index (χ4v) is 1.79. The molecule has 0 spiro atoms. The first-order valence-electron chi connectivity index (χ1n) is 5.76. The quantitative estimate of drug-likeness (QED) is 0.375. The van der Waals surface area contributed by atoms with Crippen LogP contribution in [0.1, 0.15) is 64.7 Å². The van der Waals surface area contributed by atoms with E-state index in [4.69, 9.17) is 0 Å². The Labute approximate surface area is 101 Å². The van der Waals surface area contributed by atoms with Gasteiger partial charge in [-0.25, -0.2) is 4.39 Å². The minimum absolute atomic E-state index is 0.0385. The van der Waals surface area contributed by atoms with Gasteiger partial charge in [0.2, 0.25) is 0 Å². The molecule has 0 atom stereocenters. The Hall–Kier alpha value is 0.400. The maximum Gasteiger partial charge on any atom is 0.106 e. The van der Waals surface area contributed by atoms with Crippen LogP contribution in [0.2, 0.25) is 0 Å². The standard InChI is InChI=1S/C12H22FI/c1-2-3-4-5-6-7-8-9-10-12(13)11-14/h11H,2-10H2,1H3. The normalized spacial score (nSPS) is 12.1. The molecule has 0 saturated heterocycles. The van der Waals surface area contributed by atoms with Gasteiger partial charge in [-0.2, -0.15) is 0 Å².